The van der Waals surface area contributed by atoms with Crippen LogP contribution in [0.3, 0.4) is 0 Å². The molecule has 30 heavy (non-hydrogen) atoms. The zero-order valence-electron chi connectivity index (χ0n) is 18.4. The van der Waals surface area contributed by atoms with Gasteiger partial charge in [-0.2, -0.15) is 0 Å². The van der Waals surface area contributed by atoms with Gasteiger partial charge in [-0.25, -0.2) is 0 Å². The highest BCUT2D eigenvalue weighted by molar-refractivity contribution is 9.10. The molecule has 1 N–H and O–H groups in total. The van der Waals surface area contributed by atoms with Crippen LogP contribution in [0.5, 0.6) is 5.75 Å². The van der Waals surface area contributed by atoms with Crippen molar-refractivity contribution in [2.24, 2.45) is 0 Å². The lowest BCUT2D eigenvalue weighted by Gasteiger charge is -2.31. The van der Waals surface area contributed by atoms with E-state index in [-0.39, 0.29) is 24.0 Å². The third-order valence-corrected chi connectivity index (χ3v) is 5.53. The molecular weight excluding hydrogens is 444 g/mol. The molecule has 0 aliphatic carbocycles. The molecule has 162 valence electrons. The first kappa shape index (κ1) is 23.9. The molecule has 0 radical (unpaired) electrons. The van der Waals surface area contributed by atoms with Crippen molar-refractivity contribution in [3.8, 4) is 5.75 Å². The van der Waals surface area contributed by atoms with Crippen molar-refractivity contribution in [1.82, 2.24) is 10.2 Å². The highest BCUT2D eigenvalue weighted by Crippen LogP contribution is 2.21. The van der Waals surface area contributed by atoms with Gasteiger partial charge in [-0.15, -0.1) is 0 Å². The molecule has 0 fully saturated rings. The van der Waals surface area contributed by atoms with Crippen molar-refractivity contribution in [3.05, 3.63) is 64.1 Å². The quantitative estimate of drug-likeness (QED) is 0.611. The highest BCUT2D eigenvalue weighted by Gasteiger charge is 2.28. The van der Waals surface area contributed by atoms with E-state index in [0.29, 0.717) is 18.7 Å². The van der Waals surface area contributed by atoms with Crippen LogP contribution >= 0.6 is 15.9 Å². The van der Waals surface area contributed by atoms with Gasteiger partial charge in [0.15, 0.2) is 6.61 Å². The fourth-order valence-electron chi connectivity index (χ4n) is 2.98. The van der Waals surface area contributed by atoms with Crippen LogP contribution in [0.15, 0.2) is 53.0 Å². The lowest BCUT2D eigenvalue weighted by molar-refractivity contribution is -0.142. The lowest BCUT2D eigenvalue weighted by atomic mass is 10.1. The molecule has 2 rings (SSSR count). The van der Waals surface area contributed by atoms with E-state index in [1.165, 1.54) is 0 Å². The fraction of sp³-hybridized carbons (Fsp3) is 0.417. The molecule has 0 aliphatic heterocycles. The molecule has 0 unspecified atom stereocenters. The fourth-order valence-corrected chi connectivity index (χ4v) is 3.23. The second kappa shape index (κ2) is 10.6. The summed E-state index contributed by atoms with van der Waals surface area (Å²) in [5.41, 5.74) is 1.77. The summed E-state index contributed by atoms with van der Waals surface area (Å²) in [7, 11) is 0. The van der Waals surface area contributed by atoms with E-state index in [9.17, 15) is 9.59 Å². The van der Waals surface area contributed by atoms with Gasteiger partial charge in [0, 0.05) is 16.6 Å². The van der Waals surface area contributed by atoms with Crippen LogP contribution in [0.4, 0.5) is 0 Å². The number of halogens is 1. The summed E-state index contributed by atoms with van der Waals surface area (Å²) in [5.74, 6) is 0.227. The average molecular weight is 475 g/mol. The van der Waals surface area contributed by atoms with E-state index in [0.717, 1.165) is 15.6 Å². The second-order valence-corrected chi connectivity index (χ2v) is 9.29. The molecule has 0 heterocycles. The summed E-state index contributed by atoms with van der Waals surface area (Å²) in [4.78, 5) is 27.3. The maximum absolute atomic E-state index is 13.0. The van der Waals surface area contributed by atoms with Gasteiger partial charge in [-0.3, -0.25) is 9.59 Å². The van der Waals surface area contributed by atoms with E-state index in [2.05, 4.69) is 21.2 Å². The monoisotopic (exact) mass is 474 g/mol. The Bertz CT molecular complexity index is 862. The SMILES string of the molecule is Cc1cc(OCC(=O)N(CCc2ccccc2)[C@H](C)C(=O)NC(C)(C)C)ccc1Br. The Morgan fingerprint density at radius 1 is 1.13 bits per heavy atom. The van der Waals surface area contributed by atoms with Gasteiger partial charge in [0.25, 0.3) is 5.91 Å². The first-order valence-corrected chi connectivity index (χ1v) is 10.9. The molecule has 0 aromatic heterocycles. The van der Waals surface area contributed by atoms with Crippen LogP contribution in [0.25, 0.3) is 0 Å². The number of amides is 2. The molecule has 0 spiro atoms. The first-order chi connectivity index (χ1) is 14.1. The van der Waals surface area contributed by atoms with Gasteiger partial charge in [-0.05, 0) is 70.4 Å². The minimum absolute atomic E-state index is 0.122. The smallest absolute Gasteiger partial charge is 0.261 e. The molecule has 5 nitrogen and oxygen atoms in total. The molecule has 0 aliphatic rings. The van der Waals surface area contributed by atoms with Gasteiger partial charge < -0.3 is 15.0 Å². The third kappa shape index (κ3) is 7.48. The predicted octanol–water partition coefficient (Wildman–Crippen LogP) is 4.51. The van der Waals surface area contributed by atoms with E-state index in [1.807, 2.05) is 76.2 Å². The van der Waals surface area contributed by atoms with E-state index in [1.54, 1.807) is 11.8 Å². The van der Waals surface area contributed by atoms with E-state index < -0.39 is 6.04 Å². The molecule has 0 bridgehead atoms. The summed E-state index contributed by atoms with van der Waals surface area (Å²) in [6.45, 7) is 9.80. The predicted molar refractivity (Wildman–Crippen MR) is 124 cm³/mol. The van der Waals surface area contributed by atoms with Crippen LogP contribution in [0, 0.1) is 6.92 Å². The number of nitrogens with one attached hydrogen (secondary N) is 1. The van der Waals surface area contributed by atoms with Gasteiger partial charge in [0.05, 0.1) is 0 Å². The van der Waals surface area contributed by atoms with Crippen molar-refractivity contribution in [2.75, 3.05) is 13.2 Å². The number of rotatable bonds is 8. The zero-order valence-corrected chi connectivity index (χ0v) is 20.0. The second-order valence-electron chi connectivity index (χ2n) is 8.44. The van der Waals surface area contributed by atoms with Crippen LogP contribution < -0.4 is 10.1 Å². The van der Waals surface area contributed by atoms with Gasteiger partial charge in [-0.1, -0.05) is 46.3 Å². The van der Waals surface area contributed by atoms with Crippen LogP contribution in [-0.2, 0) is 16.0 Å². The molecule has 6 heteroatoms. The average Bonchev–Trinajstić information content (AvgIpc) is 2.68. The Kier molecular flexibility index (Phi) is 8.47. The molecular formula is C24H31BrN2O3. The van der Waals surface area contributed by atoms with Crippen LogP contribution in [0.1, 0.15) is 38.8 Å². The Labute approximate surface area is 187 Å². The molecule has 2 amide bonds. The number of aryl methyl sites for hydroxylation is 1. The summed E-state index contributed by atoms with van der Waals surface area (Å²) in [6, 6.07) is 14.9. The maximum atomic E-state index is 13.0. The van der Waals surface area contributed by atoms with Crippen LogP contribution in [0.2, 0.25) is 0 Å². The largest absolute Gasteiger partial charge is 0.484 e. The number of hydrogen-bond acceptors (Lipinski definition) is 3. The minimum atomic E-state index is -0.601. The topological polar surface area (TPSA) is 58.6 Å². The first-order valence-electron chi connectivity index (χ1n) is 10.1. The van der Waals surface area contributed by atoms with Gasteiger partial charge in [0.2, 0.25) is 5.91 Å². The lowest BCUT2D eigenvalue weighted by Crippen LogP contribution is -2.53. The van der Waals surface area contributed by atoms with Crippen molar-refractivity contribution < 1.29 is 14.3 Å². The molecule has 0 saturated carbocycles. The number of carbonyl (C=O) groups is 2. The Balaban J connectivity index is 2.10. The number of nitrogens with zero attached hydrogens (tertiary/aromatic N) is 1. The van der Waals surface area contributed by atoms with Gasteiger partial charge >= 0.3 is 0 Å². The molecule has 2 aromatic carbocycles. The van der Waals surface area contributed by atoms with Crippen molar-refractivity contribution in [1.29, 1.82) is 0 Å². The normalized spacial score (nSPS) is 12.2. The van der Waals surface area contributed by atoms with E-state index in [4.69, 9.17) is 4.74 Å². The number of benzene rings is 2. The summed E-state index contributed by atoms with van der Waals surface area (Å²) < 4.78 is 6.71. The minimum Gasteiger partial charge on any atom is -0.484 e. The zero-order chi connectivity index (χ0) is 22.3. The molecule has 1 atom stereocenters. The third-order valence-electron chi connectivity index (χ3n) is 4.64. The van der Waals surface area contributed by atoms with Crippen molar-refractivity contribution >= 4 is 27.7 Å². The van der Waals surface area contributed by atoms with Crippen LogP contribution in [-0.4, -0.2) is 41.4 Å². The number of hydrogen-bond donors (Lipinski definition) is 1. The number of carbonyl (C=O) groups excluding carboxylic acids is 2. The van der Waals surface area contributed by atoms with Gasteiger partial charge in [0.1, 0.15) is 11.8 Å². The molecule has 2 aromatic rings. The Morgan fingerprint density at radius 3 is 2.40 bits per heavy atom. The number of ether oxygens (including phenoxy) is 1. The summed E-state index contributed by atoms with van der Waals surface area (Å²) in [5, 5.41) is 2.96. The highest BCUT2D eigenvalue weighted by atomic mass is 79.9. The maximum Gasteiger partial charge on any atom is 0.261 e. The Hall–Kier alpha value is -2.34. The van der Waals surface area contributed by atoms with E-state index >= 15 is 0 Å². The standard InChI is InChI=1S/C24H31BrN2O3/c1-17-15-20(11-12-21(17)25)30-16-22(28)27(14-13-19-9-7-6-8-10-19)18(2)23(29)26-24(3,4)5/h6-12,15,18H,13-14,16H2,1-5H3,(H,26,29)/t18-/m1/s1. The Morgan fingerprint density at radius 2 is 1.80 bits per heavy atom. The molecule has 0 saturated heterocycles. The van der Waals surface area contributed by atoms with Crippen molar-refractivity contribution in [2.45, 2.75) is 52.6 Å². The van der Waals surface area contributed by atoms with Crippen molar-refractivity contribution in [3.63, 3.8) is 0 Å². The summed E-state index contributed by atoms with van der Waals surface area (Å²) in [6.07, 6.45) is 0.664. The summed E-state index contributed by atoms with van der Waals surface area (Å²) >= 11 is 3.46.